The number of halogens is 1. The number of aromatic nitrogens is 2. The van der Waals surface area contributed by atoms with Crippen LogP contribution >= 0.6 is 11.6 Å². The van der Waals surface area contributed by atoms with Crippen molar-refractivity contribution < 1.29 is 4.52 Å². The first-order valence-electron chi connectivity index (χ1n) is 5.17. The highest BCUT2D eigenvalue weighted by atomic mass is 35.5. The van der Waals surface area contributed by atoms with Gasteiger partial charge < -0.3 is 15.2 Å². The summed E-state index contributed by atoms with van der Waals surface area (Å²) < 4.78 is 4.98. The van der Waals surface area contributed by atoms with Crippen LogP contribution in [0.25, 0.3) is 11.4 Å². The molecule has 0 radical (unpaired) electrons. The highest BCUT2D eigenvalue weighted by molar-refractivity contribution is 6.30. The number of rotatable bonds is 2. The fraction of sp³-hybridized carbons (Fsp3) is 0.182. The van der Waals surface area contributed by atoms with Gasteiger partial charge in [0.2, 0.25) is 5.82 Å². The van der Waals surface area contributed by atoms with Crippen LogP contribution in [0, 0.1) is 0 Å². The molecule has 2 aromatic rings. The Morgan fingerprint density at radius 3 is 2.61 bits per heavy atom. The molecule has 0 unspecified atom stereocenters. The second kappa shape index (κ2) is 5.05. The summed E-state index contributed by atoms with van der Waals surface area (Å²) in [5, 5.41) is 4.47. The van der Waals surface area contributed by atoms with Crippen molar-refractivity contribution in [2.24, 2.45) is 10.7 Å². The van der Waals surface area contributed by atoms with Gasteiger partial charge >= 0.3 is 6.01 Å². The Balaban J connectivity index is 2.25. The van der Waals surface area contributed by atoms with Crippen molar-refractivity contribution in [2.45, 2.75) is 0 Å². The van der Waals surface area contributed by atoms with Crippen molar-refractivity contribution in [3.63, 3.8) is 0 Å². The number of benzene rings is 1. The number of nitrogens with zero attached hydrogens (tertiary/aromatic N) is 4. The van der Waals surface area contributed by atoms with Gasteiger partial charge in [0.25, 0.3) is 0 Å². The monoisotopic (exact) mass is 265 g/mol. The lowest BCUT2D eigenvalue weighted by atomic mass is 10.2. The van der Waals surface area contributed by atoms with Crippen molar-refractivity contribution in [3.05, 3.63) is 29.3 Å². The number of hydrogen-bond donors (Lipinski definition) is 1. The van der Waals surface area contributed by atoms with Crippen LogP contribution in [0.2, 0.25) is 5.02 Å². The minimum absolute atomic E-state index is 0.117. The highest BCUT2D eigenvalue weighted by Crippen LogP contribution is 2.20. The largest absolute Gasteiger partial charge is 0.369 e. The maximum absolute atomic E-state index is 5.80. The van der Waals surface area contributed by atoms with E-state index >= 15 is 0 Å². The fourth-order valence-electron chi connectivity index (χ4n) is 1.18. The fourth-order valence-corrected chi connectivity index (χ4v) is 1.30. The molecule has 0 aliphatic heterocycles. The molecule has 0 bridgehead atoms. The van der Waals surface area contributed by atoms with Gasteiger partial charge in [-0.05, 0) is 24.3 Å². The third-order valence-electron chi connectivity index (χ3n) is 2.19. The molecule has 1 heterocycles. The van der Waals surface area contributed by atoms with Crippen LogP contribution in [-0.4, -0.2) is 35.1 Å². The SMILES string of the molecule is CN(C)/C(N)=N/c1nc(-c2ccc(Cl)cc2)no1. The molecule has 2 rings (SSSR count). The second-order valence-corrected chi connectivity index (χ2v) is 4.21. The maximum atomic E-state index is 5.80. The summed E-state index contributed by atoms with van der Waals surface area (Å²) >= 11 is 5.80. The van der Waals surface area contributed by atoms with Crippen molar-refractivity contribution in [2.75, 3.05) is 14.1 Å². The summed E-state index contributed by atoms with van der Waals surface area (Å²) in [7, 11) is 3.55. The zero-order chi connectivity index (χ0) is 13.1. The molecular weight excluding hydrogens is 254 g/mol. The first-order chi connectivity index (χ1) is 8.56. The molecule has 0 saturated carbocycles. The molecule has 0 aliphatic carbocycles. The second-order valence-electron chi connectivity index (χ2n) is 3.77. The molecular formula is C11H12ClN5O. The Morgan fingerprint density at radius 2 is 2.00 bits per heavy atom. The molecule has 0 spiro atoms. The molecule has 18 heavy (non-hydrogen) atoms. The summed E-state index contributed by atoms with van der Waals surface area (Å²) in [5.41, 5.74) is 6.45. The van der Waals surface area contributed by atoms with Gasteiger partial charge in [0.15, 0.2) is 5.96 Å². The molecule has 94 valence electrons. The average Bonchev–Trinajstić information content (AvgIpc) is 2.78. The van der Waals surface area contributed by atoms with E-state index in [1.807, 2.05) is 0 Å². The molecule has 7 heteroatoms. The quantitative estimate of drug-likeness (QED) is 0.662. The van der Waals surface area contributed by atoms with Crippen LogP contribution in [0.5, 0.6) is 0 Å². The highest BCUT2D eigenvalue weighted by Gasteiger charge is 2.08. The predicted molar refractivity (Wildman–Crippen MR) is 69.7 cm³/mol. The van der Waals surface area contributed by atoms with E-state index in [4.69, 9.17) is 21.9 Å². The maximum Gasteiger partial charge on any atom is 0.351 e. The standard InChI is InChI=1S/C11H12ClN5O/c1-17(2)10(13)15-11-14-9(16-18-11)7-3-5-8(12)6-4-7/h3-6H,1-2H3,(H2,13,14,15,16). The van der Waals surface area contributed by atoms with Gasteiger partial charge in [-0.3, -0.25) is 0 Å². The molecule has 0 aliphatic rings. The summed E-state index contributed by atoms with van der Waals surface area (Å²) in [6.07, 6.45) is 0. The van der Waals surface area contributed by atoms with Crippen LogP contribution in [0.4, 0.5) is 6.01 Å². The smallest absolute Gasteiger partial charge is 0.351 e. The molecule has 1 aromatic carbocycles. The number of nitrogens with two attached hydrogens (primary N) is 1. The lowest BCUT2D eigenvalue weighted by Gasteiger charge is -2.08. The van der Waals surface area contributed by atoms with Gasteiger partial charge in [-0.15, -0.1) is 0 Å². The van der Waals surface area contributed by atoms with Gasteiger partial charge in [0.1, 0.15) is 0 Å². The van der Waals surface area contributed by atoms with Crippen LogP contribution in [-0.2, 0) is 0 Å². The van der Waals surface area contributed by atoms with Crippen molar-refractivity contribution in [1.29, 1.82) is 0 Å². The summed E-state index contributed by atoms with van der Waals surface area (Å²) in [5.74, 6) is 0.735. The third-order valence-corrected chi connectivity index (χ3v) is 2.44. The lowest BCUT2D eigenvalue weighted by Crippen LogP contribution is -2.29. The van der Waals surface area contributed by atoms with E-state index in [1.54, 1.807) is 43.3 Å². The van der Waals surface area contributed by atoms with Crippen molar-refractivity contribution >= 4 is 23.6 Å². The number of hydrogen-bond acceptors (Lipinski definition) is 4. The normalized spacial score (nSPS) is 11.6. The first kappa shape index (κ1) is 12.4. The zero-order valence-electron chi connectivity index (χ0n) is 9.96. The van der Waals surface area contributed by atoms with Crippen molar-refractivity contribution in [1.82, 2.24) is 15.0 Å². The van der Waals surface area contributed by atoms with Crippen LogP contribution in [0.15, 0.2) is 33.8 Å². The van der Waals surface area contributed by atoms with Crippen LogP contribution in [0.1, 0.15) is 0 Å². The molecule has 0 fully saturated rings. The van der Waals surface area contributed by atoms with E-state index in [-0.39, 0.29) is 6.01 Å². The topological polar surface area (TPSA) is 80.5 Å². The Bertz CT molecular complexity index is 561. The Morgan fingerprint density at radius 1 is 1.33 bits per heavy atom. The third kappa shape index (κ3) is 2.78. The Labute approximate surface area is 109 Å². The minimum atomic E-state index is 0.117. The first-order valence-corrected chi connectivity index (χ1v) is 5.55. The van der Waals surface area contributed by atoms with Gasteiger partial charge in [0, 0.05) is 24.7 Å². The molecule has 0 amide bonds. The van der Waals surface area contributed by atoms with E-state index in [1.165, 1.54) is 0 Å². The van der Waals surface area contributed by atoms with E-state index in [9.17, 15) is 0 Å². The van der Waals surface area contributed by atoms with Gasteiger partial charge in [0.05, 0.1) is 0 Å². The van der Waals surface area contributed by atoms with E-state index in [2.05, 4.69) is 15.1 Å². The average molecular weight is 266 g/mol. The zero-order valence-corrected chi connectivity index (χ0v) is 10.7. The molecule has 0 atom stereocenters. The lowest BCUT2D eigenvalue weighted by molar-refractivity contribution is 0.428. The molecule has 6 nitrogen and oxygen atoms in total. The molecule has 2 N–H and O–H groups in total. The molecule has 1 aromatic heterocycles. The van der Waals surface area contributed by atoms with Crippen LogP contribution < -0.4 is 5.73 Å². The van der Waals surface area contributed by atoms with Gasteiger partial charge in [-0.25, -0.2) is 0 Å². The predicted octanol–water partition coefficient (Wildman–Crippen LogP) is 1.90. The van der Waals surface area contributed by atoms with Crippen LogP contribution in [0.3, 0.4) is 0 Å². The minimum Gasteiger partial charge on any atom is -0.369 e. The summed E-state index contributed by atoms with van der Waals surface area (Å²) in [6.45, 7) is 0. The number of guanidine groups is 1. The van der Waals surface area contributed by atoms with E-state index in [0.29, 0.717) is 16.8 Å². The van der Waals surface area contributed by atoms with Crippen molar-refractivity contribution in [3.8, 4) is 11.4 Å². The molecule has 0 saturated heterocycles. The number of aliphatic imine (C=N–C) groups is 1. The Kier molecular flexibility index (Phi) is 3.47. The van der Waals surface area contributed by atoms with E-state index < -0.39 is 0 Å². The summed E-state index contributed by atoms with van der Waals surface area (Å²) in [4.78, 5) is 9.74. The Hall–Kier alpha value is -2.08. The summed E-state index contributed by atoms with van der Waals surface area (Å²) in [6, 6.07) is 7.23. The van der Waals surface area contributed by atoms with Gasteiger partial charge in [-0.2, -0.15) is 9.98 Å². The van der Waals surface area contributed by atoms with E-state index in [0.717, 1.165) is 5.56 Å². The van der Waals surface area contributed by atoms with Gasteiger partial charge in [-0.1, -0.05) is 16.8 Å².